The SMILES string of the molecule is C1[C+]2C[C@@H]3CC1C[C@H](C2)O3. The predicted molar refractivity (Wildman–Crippen MR) is 38.5 cm³/mol. The van der Waals surface area contributed by atoms with Crippen LogP contribution in [-0.4, -0.2) is 12.2 Å². The third kappa shape index (κ3) is 0.643. The highest BCUT2D eigenvalue weighted by Crippen LogP contribution is 2.48. The van der Waals surface area contributed by atoms with Gasteiger partial charge in [-0.05, 0) is 12.8 Å². The van der Waals surface area contributed by atoms with E-state index in [1.807, 2.05) is 5.92 Å². The van der Waals surface area contributed by atoms with Crippen molar-refractivity contribution in [1.29, 1.82) is 0 Å². The minimum atomic E-state index is 0.640. The van der Waals surface area contributed by atoms with Crippen molar-refractivity contribution < 1.29 is 4.74 Å². The summed E-state index contributed by atoms with van der Waals surface area (Å²) >= 11 is 0. The van der Waals surface area contributed by atoms with Crippen molar-refractivity contribution >= 4 is 0 Å². The highest BCUT2D eigenvalue weighted by Gasteiger charge is 2.49. The molecular weight excluding hydrogens is 124 g/mol. The van der Waals surface area contributed by atoms with Gasteiger partial charge in [-0.2, -0.15) is 0 Å². The van der Waals surface area contributed by atoms with Crippen LogP contribution in [-0.2, 0) is 4.74 Å². The van der Waals surface area contributed by atoms with Crippen LogP contribution in [0.4, 0.5) is 0 Å². The van der Waals surface area contributed by atoms with Crippen LogP contribution in [0.2, 0.25) is 0 Å². The van der Waals surface area contributed by atoms with Crippen LogP contribution in [0.15, 0.2) is 0 Å². The van der Waals surface area contributed by atoms with E-state index >= 15 is 0 Å². The smallest absolute Gasteiger partial charge is 0.116 e. The summed E-state index contributed by atoms with van der Waals surface area (Å²) in [5.74, 6) is 2.82. The Morgan fingerprint density at radius 1 is 1.00 bits per heavy atom. The molecule has 2 saturated heterocycles. The second-order valence-electron chi connectivity index (χ2n) is 4.08. The summed E-state index contributed by atoms with van der Waals surface area (Å²) in [5.41, 5.74) is 0. The molecule has 4 aliphatic rings. The highest BCUT2D eigenvalue weighted by molar-refractivity contribution is 5.08. The fourth-order valence-electron chi connectivity index (χ4n) is 2.95. The lowest BCUT2D eigenvalue weighted by Crippen LogP contribution is -2.45. The third-order valence-corrected chi connectivity index (χ3v) is 3.19. The summed E-state index contributed by atoms with van der Waals surface area (Å²) in [4.78, 5) is 0. The van der Waals surface area contributed by atoms with Crippen molar-refractivity contribution in [1.82, 2.24) is 0 Å². The van der Waals surface area contributed by atoms with Gasteiger partial charge in [0.05, 0.1) is 24.5 Å². The van der Waals surface area contributed by atoms with Gasteiger partial charge in [0.2, 0.25) is 0 Å². The molecule has 1 unspecified atom stereocenters. The van der Waals surface area contributed by atoms with E-state index in [9.17, 15) is 0 Å². The zero-order valence-electron chi connectivity index (χ0n) is 6.18. The van der Waals surface area contributed by atoms with E-state index in [2.05, 4.69) is 0 Å². The average molecular weight is 137 g/mol. The minimum Gasteiger partial charge on any atom is -0.366 e. The molecule has 0 aromatic heterocycles. The second-order valence-corrected chi connectivity index (χ2v) is 4.08. The average Bonchev–Trinajstić information content (AvgIpc) is 1.82. The largest absolute Gasteiger partial charge is 0.366 e. The topological polar surface area (TPSA) is 9.23 Å². The van der Waals surface area contributed by atoms with Gasteiger partial charge in [-0.25, -0.2) is 0 Å². The number of hydrogen-bond donors (Lipinski definition) is 0. The first-order valence-corrected chi connectivity index (χ1v) is 4.39. The van der Waals surface area contributed by atoms with Gasteiger partial charge in [0.1, 0.15) is 12.8 Å². The third-order valence-electron chi connectivity index (χ3n) is 3.19. The molecule has 4 rings (SSSR count). The Bertz CT molecular complexity index is 96.3. The van der Waals surface area contributed by atoms with Gasteiger partial charge in [0, 0.05) is 5.92 Å². The van der Waals surface area contributed by atoms with E-state index in [1.165, 1.54) is 32.1 Å². The standard InChI is InChI=1S/C9H13O/c1-6-2-8-4-7(1)5-9(3-6)10-8/h6,8-9H,1-5H2/q+1/t6?,8-,9+. The van der Waals surface area contributed by atoms with E-state index in [0.717, 1.165) is 5.92 Å². The molecule has 0 N–H and O–H groups in total. The van der Waals surface area contributed by atoms with Crippen LogP contribution >= 0.6 is 0 Å². The van der Waals surface area contributed by atoms with Crippen LogP contribution < -0.4 is 0 Å². The Morgan fingerprint density at radius 2 is 1.70 bits per heavy atom. The predicted octanol–water partition coefficient (Wildman–Crippen LogP) is 1.92. The second kappa shape index (κ2) is 1.70. The monoisotopic (exact) mass is 137 g/mol. The Hall–Kier alpha value is -0.170. The van der Waals surface area contributed by atoms with Crippen molar-refractivity contribution in [2.45, 2.75) is 44.3 Å². The zero-order chi connectivity index (χ0) is 6.55. The minimum absolute atomic E-state index is 0.640. The summed E-state index contributed by atoms with van der Waals surface area (Å²) < 4.78 is 5.80. The van der Waals surface area contributed by atoms with Crippen molar-refractivity contribution in [2.75, 3.05) is 0 Å². The van der Waals surface area contributed by atoms with Gasteiger partial charge in [-0.1, -0.05) is 0 Å². The quantitative estimate of drug-likeness (QED) is 0.463. The fraction of sp³-hybridized carbons (Fsp3) is 0.889. The van der Waals surface area contributed by atoms with Crippen LogP contribution in [0.5, 0.6) is 0 Å². The maximum absolute atomic E-state index is 5.80. The summed E-state index contributed by atoms with van der Waals surface area (Å²) in [6.45, 7) is 0. The van der Waals surface area contributed by atoms with Crippen LogP contribution in [0.25, 0.3) is 0 Å². The maximum Gasteiger partial charge on any atom is 0.116 e. The Morgan fingerprint density at radius 3 is 2.20 bits per heavy atom. The summed E-state index contributed by atoms with van der Waals surface area (Å²) in [5, 5.41) is 0. The normalized spacial score (nSPS) is 50.4. The Kier molecular flexibility index (Phi) is 0.933. The van der Waals surface area contributed by atoms with E-state index in [1.54, 1.807) is 0 Å². The van der Waals surface area contributed by atoms with Crippen LogP contribution in [0.3, 0.4) is 0 Å². The Labute approximate surface area is 61.8 Å². The summed E-state index contributed by atoms with van der Waals surface area (Å²) in [7, 11) is 0. The molecule has 2 aliphatic heterocycles. The van der Waals surface area contributed by atoms with E-state index in [0.29, 0.717) is 12.2 Å². The van der Waals surface area contributed by atoms with Crippen LogP contribution in [0, 0.1) is 11.8 Å². The van der Waals surface area contributed by atoms with Gasteiger partial charge in [0.25, 0.3) is 0 Å². The lowest BCUT2D eigenvalue weighted by atomic mass is 9.67. The van der Waals surface area contributed by atoms with Crippen molar-refractivity contribution in [3.05, 3.63) is 5.92 Å². The van der Waals surface area contributed by atoms with Gasteiger partial charge in [-0.15, -0.1) is 0 Å². The number of ether oxygens (including phenoxy) is 1. The lowest BCUT2D eigenvalue weighted by Gasteiger charge is -2.43. The molecule has 54 valence electrons. The van der Waals surface area contributed by atoms with E-state index in [4.69, 9.17) is 4.74 Å². The van der Waals surface area contributed by atoms with Crippen LogP contribution in [0.1, 0.15) is 32.1 Å². The number of rotatable bonds is 0. The molecule has 4 fully saturated rings. The molecule has 1 heteroatoms. The fourth-order valence-corrected chi connectivity index (χ4v) is 2.95. The molecule has 4 bridgehead atoms. The molecule has 2 saturated carbocycles. The van der Waals surface area contributed by atoms with Crippen molar-refractivity contribution in [3.63, 3.8) is 0 Å². The molecule has 0 radical (unpaired) electrons. The van der Waals surface area contributed by atoms with Gasteiger partial charge in [0.15, 0.2) is 0 Å². The molecule has 10 heavy (non-hydrogen) atoms. The molecule has 0 aromatic carbocycles. The van der Waals surface area contributed by atoms with Gasteiger partial charge < -0.3 is 4.74 Å². The molecule has 2 aliphatic carbocycles. The molecule has 0 amide bonds. The molecule has 0 spiro atoms. The van der Waals surface area contributed by atoms with Gasteiger partial charge >= 0.3 is 0 Å². The lowest BCUT2D eigenvalue weighted by molar-refractivity contribution is -0.118. The number of hydrogen-bond acceptors (Lipinski definition) is 1. The van der Waals surface area contributed by atoms with E-state index < -0.39 is 0 Å². The van der Waals surface area contributed by atoms with Crippen molar-refractivity contribution in [3.8, 4) is 0 Å². The first-order valence-electron chi connectivity index (χ1n) is 4.39. The zero-order valence-corrected chi connectivity index (χ0v) is 6.18. The molecular formula is C9H13O+. The molecule has 0 aromatic rings. The van der Waals surface area contributed by atoms with Gasteiger partial charge in [-0.3, -0.25) is 0 Å². The van der Waals surface area contributed by atoms with E-state index in [-0.39, 0.29) is 0 Å². The molecule has 1 nitrogen and oxygen atoms in total. The Balaban J connectivity index is 1.90. The molecule has 3 atom stereocenters. The summed E-state index contributed by atoms with van der Waals surface area (Å²) in [6, 6.07) is 0. The first kappa shape index (κ1) is 5.48. The summed E-state index contributed by atoms with van der Waals surface area (Å²) in [6.07, 6.45) is 8.04. The highest BCUT2D eigenvalue weighted by atomic mass is 16.5. The molecule has 2 heterocycles. The van der Waals surface area contributed by atoms with Crippen molar-refractivity contribution in [2.24, 2.45) is 5.92 Å². The first-order chi connectivity index (χ1) is 4.90. The maximum atomic E-state index is 5.80.